The van der Waals surface area contributed by atoms with Gasteiger partial charge in [-0.3, -0.25) is 4.98 Å². The van der Waals surface area contributed by atoms with Crippen molar-refractivity contribution in [1.82, 2.24) is 9.97 Å². The van der Waals surface area contributed by atoms with Crippen LogP contribution < -0.4 is 0 Å². The molecule has 92 valence electrons. The van der Waals surface area contributed by atoms with E-state index in [9.17, 15) is 4.79 Å². The third-order valence-electron chi connectivity index (χ3n) is 2.12. The molecule has 18 heavy (non-hydrogen) atoms. The van der Waals surface area contributed by atoms with E-state index in [1.165, 1.54) is 18.0 Å². The van der Waals surface area contributed by atoms with Crippen LogP contribution in [0.4, 0.5) is 0 Å². The maximum Gasteiger partial charge on any atom is 0.339 e. The van der Waals surface area contributed by atoms with Crippen LogP contribution in [0.1, 0.15) is 17.3 Å². The monoisotopic (exact) mass is 260 g/mol. The fourth-order valence-electron chi connectivity index (χ4n) is 1.30. The van der Waals surface area contributed by atoms with Crippen LogP contribution in [0.25, 0.3) is 0 Å². The molecule has 0 bridgehead atoms. The van der Waals surface area contributed by atoms with E-state index in [0.29, 0.717) is 12.2 Å². The van der Waals surface area contributed by atoms with Gasteiger partial charge in [0.1, 0.15) is 5.03 Å². The summed E-state index contributed by atoms with van der Waals surface area (Å²) in [6.45, 7) is 2.14. The highest BCUT2D eigenvalue weighted by Gasteiger charge is 2.06. The van der Waals surface area contributed by atoms with E-state index in [2.05, 4.69) is 9.97 Å². The normalized spacial score (nSPS) is 10.1. The number of rotatable bonds is 4. The first-order chi connectivity index (χ1) is 8.79. The van der Waals surface area contributed by atoms with Crippen LogP contribution in [0.5, 0.6) is 0 Å². The Kier molecular flexibility index (Phi) is 4.30. The number of aromatic nitrogens is 2. The van der Waals surface area contributed by atoms with E-state index in [-0.39, 0.29) is 5.97 Å². The van der Waals surface area contributed by atoms with Crippen LogP contribution in [0.2, 0.25) is 0 Å². The Bertz CT molecular complexity index is 514. The molecule has 0 radical (unpaired) electrons. The number of carbonyl (C=O) groups excluding carboxylic acids is 1. The molecule has 2 heterocycles. The molecule has 0 spiro atoms. The van der Waals surface area contributed by atoms with Crippen molar-refractivity contribution in [2.75, 3.05) is 6.61 Å². The Labute approximate surface area is 109 Å². The minimum atomic E-state index is -0.342. The largest absolute Gasteiger partial charge is 0.462 e. The molecule has 2 rings (SSSR count). The molecule has 0 aromatic carbocycles. The van der Waals surface area contributed by atoms with Gasteiger partial charge in [-0.1, -0.05) is 11.8 Å². The molecule has 0 aliphatic carbocycles. The summed E-state index contributed by atoms with van der Waals surface area (Å²) in [4.78, 5) is 20.7. The summed E-state index contributed by atoms with van der Waals surface area (Å²) in [5.41, 5.74) is 0.468. The molecule has 0 amide bonds. The molecule has 2 aromatic heterocycles. The molecule has 0 atom stereocenters. The summed E-state index contributed by atoms with van der Waals surface area (Å²) < 4.78 is 4.89. The van der Waals surface area contributed by atoms with E-state index >= 15 is 0 Å². The standard InChI is InChI=1S/C13H12N2O2S/c1-2-17-13(16)10-3-4-12(15-9-10)18-11-5-7-14-8-6-11/h3-9H,2H2,1H3. The summed E-state index contributed by atoms with van der Waals surface area (Å²) in [5, 5.41) is 0.828. The molecule has 0 saturated carbocycles. The maximum atomic E-state index is 11.4. The Morgan fingerprint density at radius 3 is 2.67 bits per heavy atom. The zero-order valence-electron chi connectivity index (χ0n) is 9.87. The minimum absolute atomic E-state index is 0.342. The molecule has 4 nitrogen and oxygen atoms in total. The summed E-state index contributed by atoms with van der Waals surface area (Å²) in [5.74, 6) is -0.342. The Balaban J connectivity index is 2.06. The van der Waals surface area contributed by atoms with Crippen LogP contribution in [0.3, 0.4) is 0 Å². The third-order valence-corrected chi connectivity index (χ3v) is 3.08. The Morgan fingerprint density at radius 1 is 1.28 bits per heavy atom. The van der Waals surface area contributed by atoms with Gasteiger partial charge in [0, 0.05) is 23.5 Å². The van der Waals surface area contributed by atoms with Crippen molar-refractivity contribution < 1.29 is 9.53 Å². The van der Waals surface area contributed by atoms with Crippen molar-refractivity contribution in [2.45, 2.75) is 16.8 Å². The second kappa shape index (κ2) is 6.16. The van der Waals surface area contributed by atoms with Crippen molar-refractivity contribution in [1.29, 1.82) is 0 Å². The first-order valence-corrected chi connectivity index (χ1v) is 6.32. The van der Waals surface area contributed by atoms with Crippen LogP contribution in [-0.4, -0.2) is 22.5 Å². The molecule has 2 aromatic rings. The highest BCUT2D eigenvalue weighted by molar-refractivity contribution is 7.99. The molecule has 0 aliphatic rings. The SMILES string of the molecule is CCOC(=O)c1ccc(Sc2ccncc2)nc1. The zero-order valence-corrected chi connectivity index (χ0v) is 10.7. The highest BCUT2D eigenvalue weighted by atomic mass is 32.2. The fraction of sp³-hybridized carbons (Fsp3) is 0.154. The van der Waals surface area contributed by atoms with Gasteiger partial charge in [-0.2, -0.15) is 0 Å². The van der Waals surface area contributed by atoms with Gasteiger partial charge in [0.15, 0.2) is 0 Å². The van der Waals surface area contributed by atoms with E-state index in [1.54, 1.807) is 31.5 Å². The predicted octanol–water partition coefficient (Wildman–Crippen LogP) is 2.80. The first kappa shape index (κ1) is 12.6. The van der Waals surface area contributed by atoms with Gasteiger partial charge in [0.2, 0.25) is 0 Å². The smallest absolute Gasteiger partial charge is 0.339 e. The lowest BCUT2D eigenvalue weighted by Gasteiger charge is -2.03. The van der Waals surface area contributed by atoms with E-state index in [4.69, 9.17) is 4.74 Å². The lowest BCUT2D eigenvalue weighted by molar-refractivity contribution is 0.0525. The van der Waals surface area contributed by atoms with Crippen LogP contribution >= 0.6 is 11.8 Å². The summed E-state index contributed by atoms with van der Waals surface area (Å²) in [6, 6.07) is 7.34. The van der Waals surface area contributed by atoms with E-state index in [0.717, 1.165) is 9.92 Å². The molecular formula is C13H12N2O2S. The summed E-state index contributed by atoms with van der Waals surface area (Å²) >= 11 is 1.52. The first-order valence-electron chi connectivity index (χ1n) is 5.50. The molecule has 0 N–H and O–H groups in total. The average molecular weight is 260 g/mol. The van der Waals surface area contributed by atoms with Crippen LogP contribution in [0.15, 0.2) is 52.8 Å². The minimum Gasteiger partial charge on any atom is -0.462 e. The second-order valence-electron chi connectivity index (χ2n) is 3.39. The molecule has 0 saturated heterocycles. The van der Waals surface area contributed by atoms with Crippen molar-refractivity contribution in [3.63, 3.8) is 0 Å². The topological polar surface area (TPSA) is 52.1 Å². The highest BCUT2D eigenvalue weighted by Crippen LogP contribution is 2.24. The maximum absolute atomic E-state index is 11.4. The molecule has 0 unspecified atom stereocenters. The Morgan fingerprint density at radius 2 is 2.06 bits per heavy atom. The number of carbonyl (C=O) groups is 1. The Hall–Kier alpha value is -1.88. The van der Waals surface area contributed by atoms with E-state index < -0.39 is 0 Å². The van der Waals surface area contributed by atoms with Crippen LogP contribution in [-0.2, 0) is 4.74 Å². The quantitative estimate of drug-likeness (QED) is 0.791. The number of hydrogen-bond acceptors (Lipinski definition) is 5. The van der Waals surface area contributed by atoms with Gasteiger partial charge in [-0.15, -0.1) is 0 Å². The number of esters is 1. The number of ether oxygens (including phenoxy) is 1. The third kappa shape index (κ3) is 3.30. The second-order valence-corrected chi connectivity index (χ2v) is 4.48. The fourth-order valence-corrected chi connectivity index (χ4v) is 2.04. The molecule has 5 heteroatoms. The summed E-state index contributed by atoms with van der Waals surface area (Å²) in [7, 11) is 0. The van der Waals surface area contributed by atoms with Crippen molar-refractivity contribution >= 4 is 17.7 Å². The number of hydrogen-bond donors (Lipinski definition) is 0. The van der Waals surface area contributed by atoms with Gasteiger partial charge in [0.25, 0.3) is 0 Å². The molecule has 0 fully saturated rings. The van der Waals surface area contributed by atoms with Crippen molar-refractivity contribution in [2.24, 2.45) is 0 Å². The average Bonchev–Trinajstić information content (AvgIpc) is 2.41. The van der Waals surface area contributed by atoms with E-state index in [1.807, 2.05) is 12.1 Å². The van der Waals surface area contributed by atoms with Gasteiger partial charge in [-0.25, -0.2) is 9.78 Å². The number of nitrogens with zero attached hydrogens (tertiary/aromatic N) is 2. The van der Waals surface area contributed by atoms with Crippen molar-refractivity contribution in [3.05, 3.63) is 48.4 Å². The predicted molar refractivity (Wildman–Crippen MR) is 68.6 cm³/mol. The molecule has 0 aliphatic heterocycles. The zero-order chi connectivity index (χ0) is 12.8. The lowest BCUT2D eigenvalue weighted by Crippen LogP contribution is -2.04. The van der Waals surface area contributed by atoms with Crippen LogP contribution in [0, 0.1) is 0 Å². The lowest BCUT2D eigenvalue weighted by atomic mass is 10.3. The number of pyridine rings is 2. The van der Waals surface area contributed by atoms with Gasteiger partial charge in [0.05, 0.1) is 12.2 Å². The van der Waals surface area contributed by atoms with Gasteiger partial charge >= 0.3 is 5.97 Å². The van der Waals surface area contributed by atoms with Crippen molar-refractivity contribution in [3.8, 4) is 0 Å². The van der Waals surface area contributed by atoms with Gasteiger partial charge < -0.3 is 4.74 Å². The van der Waals surface area contributed by atoms with Gasteiger partial charge in [-0.05, 0) is 31.2 Å². The summed E-state index contributed by atoms with van der Waals surface area (Å²) in [6.07, 6.45) is 4.99. The molecular weight excluding hydrogens is 248 g/mol.